The third-order valence-electron chi connectivity index (χ3n) is 3.06. The van der Waals surface area contributed by atoms with E-state index < -0.39 is 0 Å². The molecular formula is C16H18BrN3O. The van der Waals surface area contributed by atoms with Crippen molar-refractivity contribution in [1.82, 2.24) is 10.3 Å². The van der Waals surface area contributed by atoms with Gasteiger partial charge in [-0.15, -0.1) is 0 Å². The van der Waals surface area contributed by atoms with Gasteiger partial charge in [0.05, 0.1) is 0 Å². The van der Waals surface area contributed by atoms with Gasteiger partial charge in [0.25, 0.3) is 0 Å². The van der Waals surface area contributed by atoms with Crippen molar-refractivity contribution in [3.63, 3.8) is 0 Å². The Morgan fingerprint density at radius 3 is 2.71 bits per heavy atom. The lowest BCUT2D eigenvalue weighted by molar-refractivity contribution is -0.116. The van der Waals surface area contributed by atoms with Crippen LogP contribution in [0.4, 0.5) is 5.69 Å². The quantitative estimate of drug-likeness (QED) is 0.788. The molecule has 0 aliphatic rings. The van der Waals surface area contributed by atoms with E-state index in [-0.39, 0.29) is 5.91 Å². The van der Waals surface area contributed by atoms with Gasteiger partial charge in [-0.1, -0.05) is 22.0 Å². The SMILES string of the molecule is Cc1ccc(NC(=O)CCNCc2ccncc2)cc1Br. The van der Waals surface area contributed by atoms with Crippen LogP contribution in [0.25, 0.3) is 0 Å². The van der Waals surface area contributed by atoms with Crippen LogP contribution in [0.2, 0.25) is 0 Å². The number of carbonyl (C=O) groups is 1. The van der Waals surface area contributed by atoms with E-state index in [1.165, 1.54) is 0 Å². The van der Waals surface area contributed by atoms with Crippen LogP contribution in [0.15, 0.2) is 47.2 Å². The first-order valence-corrected chi connectivity index (χ1v) is 7.60. The van der Waals surface area contributed by atoms with E-state index in [0.29, 0.717) is 13.0 Å². The first kappa shape index (κ1) is 15.7. The molecule has 0 aliphatic heterocycles. The molecule has 0 bridgehead atoms. The zero-order valence-electron chi connectivity index (χ0n) is 11.9. The minimum atomic E-state index is 0.00739. The predicted molar refractivity (Wildman–Crippen MR) is 88.1 cm³/mol. The van der Waals surface area contributed by atoms with E-state index in [2.05, 4.69) is 31.5 Å². The largest absolute Gasteiger partial charge is 0.326 e. The van der Waals surface area contributed by atoms with E-state index in [1.807, 2.05) is 37.3 Å². The fourth-order valence-corrected chi connectivity index (χ4v) is 2.21. The van der Waals surface area contributed by atoms with E-state index in [0.717, 1.165) is 27.8 Å². The van der Waals surface area contributed by atoms with Crippen molar-refractivity contribution in [2.45, 2.75) is 19.9 Å². The van der Waals surface area contributed by atoms with Crippen LogP contribution in [-0.2, 0) is 11.3 Å². The minimum absolute atomic E-state index is 0.00739. The molecule has 1 heterocycles. The minimum Gasteiger partial charge on any atom is -0.326 e. The molecule has 0 radical (unpaired) electrons. The van der Waals surface area contributed by atoms with Gasteiger partial charge in [-0.25, -0.2) is 0 Å². The predicted octanol–water partition coefficient (Wildman–Crippen LogP) is 3.27. The summed E-state index contributed by atoms with van der Waals surface area (Å²) < 4.78 is 0.996. The maximum absolute atomic E-state index is 11.8. The van der Waals surface area contributed by atoms with Gasteiger partial charge < -0.3 is 10.6 Å². The monoisotopic (exact) mass is 347 g/mol. The second kappa shape index (κ2) is 7.90. The molecule has 0 spiro atoms. The van der Waals surface area contributed by atoms with Gasteiger partial charge >= 0.3 is 0 Å². The zero-order chi connectivity index (χ0) is 15.1. The summed E-state index contributed by atoms with van der Waals surface area (Å²) in [6.07, 6.45) is 3.97. The molecule has 5 heteroatoms. The lowest BCUT2D eigenvalue weighted by atomic mass is 10.2. The number of hydrogen-bond donors (Lipinski definition) is 2. The summed E-state index contributed by atoms with van der Waals surface area (Å²) in [7, 11) is 0. The molecular weight excluding hydrogens is 330 g/mol. The highest BCUT2D eigenvalue weighted by atomic mass is 79.9. The third-order valence-corrected chi connectivity index (χ3v) is 3.92. The topological polar surface area (TPSA) is 54.0 Å². The van der Waals surface area contributed by atoms with Crippen molar-refractivity contribution in [2.24, 2.45) is 0 Å². The second-order valence-electron chi connectivity index (χ2n) is 4.79. The Morgan fingerprint density at radius 1 is 1.24 bits per heavy atom. The van der Waals surface area contributed by atoms with Crippen molar-refractivity contribution < 1.29 is 4.79 Å². The van der Waals surface area contributed by atoms with E-state index in [4.69, 9.17) is 0 Å². The van der Waals surface area contributed by atoms with E-state index >= 15 is 0 Å². The summed E-state index contributed by atoms with van der Waals surface area (Å²) >= 11 is 3.46. The molecule has 1 aromatic carbocycles. The fraction of sp³-hybridized carbons (Fsp3) is 0.250. The smallest absolute Gasteiger partial charge is 0.225 e. The maximum Gasteiger partial charge on any atom is 0.225 e. The van der Waals surface area contributed by atoms with Crippen LogP contribution >= 0.6 is 15.9 Å². The van der Waals surface area contributed by atoms with Gasteiger partial charge in [0.1, 0.15) is 0 Å². The molecule has 0 aliphatic carbocycles. The molecule has 110 valence electrons. The molecule has 0 unspecified atom stereocenters. The number of hydrogen-bond acceptors (Lipinski definition) is 3. The first-order chi connectivity index (χ1) is 10.1. The summed E-state index contributed by atoms with van der Waals surface area (Å²) in [5, 5.41) is 6.13. The van der Waals surface area contributed by atoms with Crippen molar-refractivity contribution in [3.05, 3.63) is 58.3 Å². The number of benzene rings is 1. The van der Waals surface area contributed by atoms with Gasteiger partial charge in [-0.3, -0.25) is 9.78 Å². The molecule has 1 amide bonds. The first-order valence-electron chi connectivity index (χ1n) is 6.81. The Hall–Kier alpha value is -1.72. The molecule has 2 rings (SSSR count). The Morgan fingerprint density at radius 2 is 2.00 bits per heavy atom. The lowest BCUT2D eigenvalue weighted by Gasteiger charge is -2.08. The zero-order valence-corrected chi connectivity index (χ0v) is 13.5. The maximum atomic E-state index is 11.8. The number of pyridine rings is 1. The third kappa shape index (κ3) is 5.28. The summed E-state index contributed by atoms with van der Waals surface area (Å²) in [5.74, 6) is 0.00739. The number of amides is 1. The Balaban J connectivity index is 1.71. The van der Waals surface area contributed by atoms with Gasteiger partial charge in [-0.2, -0.15) is 0 Å². The molecule has 1 aromatic heterocycles. The molecule has 2 N–H and O–H groups in total. The Kier molecular flexibility index (Phi) is 5.90. The van der Waals surface area contributed by atoms with Crippen molar-refractivity contribution in [2.75, 3.05) is 11.9 Å². The highest BCUT2D eigenvalue weighted by Crippen LogP contribution is 2.20. The highest BCUT2D eigenvalue weighted by Gasteiger charge is 2.03. The lowest BCUT2D eigenvalue weighted by Crippen LogP contribution is -2.21. The van der Waals surface area contributed by atoms with Gasteiger partial charge in [-0.05, 0) is 42.3 Å². The van der Waals surface area contributed by atoms with Crippen molar-refractivity contribution in [1.29, 1.82) is 0 Å². The molecule has 0 fully saturated rings. The number of nitrogens with zero attached hydrogens (tertiary/aromatic N) is 1. The van der Waals surface area contributed by atoms with Crippen molar-refractivity contribution in [3.8, 4) is 0 Å². The Labute approximate surface area is 133 Å². The van der Waals surface area contributed by atoms with Gasteiger partial charge in [0.15, 0.2) is 0 Å². The van der Waals surface area contributed by atoms with Crippen LogP contribution in [0.5, 0.6) is 0 Å². The molecule has 2 aromatic rings. The van der Waals surface area contributed by atoms with Crippen LogP contribution in [-0.4, -0.2) is 17.4 Å². The summed E-state index contributed by atoms with van der Waals surface area (Å²) in [6, 6.07) is 9.70. The number of nitrogens with one attached hydrogen (secondary N) is 2. The normalized spacial score (nSPS) is 10.4. The highest BCUT2D eigenvalue weighted by molar-refractivity contribution is 9.10. The van der Waals surface area contributed by atoms with Crippen LogP contribution in [0.1, 0.15) is 17.5 Å². The number of rotatable bonds is 6. The molecule has 0 saturated heterocycles. The molecule has 0 saturated carbocycles. The summed E-state index contributed by atoms with van der Waals surface area (Å²) in [5.41, 5.74) is 3.12. The number of carbonyl (C=O) groups excluding carboxylic acids is 1. The number of anilines is 1. The number of aryl methyl sites for hydroxylation is 1. The number of aromatic nitrogens is 1. The van der Waals surface area contributed by atoms with Crippen LogP contribution < -0.4 is 10.6 Å². The number of halogens is 1. The summed E-state index contributed by atoms with van der Waals surface area (Å²) in [4.78, 5) is 15.8. The average Bonchev–Trinajstić information content (AvgIpc) is 2.49. The van der Waals surface area contributed by atoms with Gasteiger partial charge in [0.2, 0.25) is 5.91 Å². The van der Waals surface area contributed by atoms with Crippen LogP contribution in [0.3, 0.4) is 0 Å². The molecule has 4 nitrogen and oxygen atoms in total. The van der Waals surface area contributed by atoms with E-state index in [9.17, 15) is 4.79 Å². The average molecular weight is 348 g/mol. The van der Waals surface area contributed by atoms with E-state index in [1.54, 1.807) is 12.4 Å². The Bertz CT molecular complexity index is 602. The standard InChI is InChI=1S/C16H18BrN3O/c1-12-2-3-14(10-15(12)17)20-16(21)6-9-19-11-13-4-7-18-8-5-13/h2-5,7-8,10,19H,6,9,11H2,1H3,(H,20,21). The van der Waals surface area contributed by atoms with Crippen molar-refractivity contribution >= 4 is 27.5 Å². The summed E-state index contributed by atoms with van der Waals surface area (Å²) in [6.45, 7) is 3.39. The molecule has 21 heavy (non-hydrogen) atoms. The van der Waals surface area contributed by atoms with Gasteiger partial charge in [0, 0.05) is 42.1 Å². The van der Waals surface area contributed by atoms with Crippen LogP contribution in [0, 0.1) is 6.92 Å². The fourth-order valence-electron chi connectivity index (χ4n) is 1.83. The second-order valence-corrected chi connectivity index (χ2v) is 5.65. The molecule has 0 atom stereocenters.